The number of hydrogen-bond acceptors (Lipinski definition) is 7. The highest BCUT2D eigenvalue weighted by atomic mass is 127. The van der Waals surface area contributed by atoms with Gasteiger partial charge in [0, 0.05) is 19.7 Å². The molecule has 0 radical (unpaired) electrons. The molecule has 1 aliphatic heterocycles. The molecule has 33 heavy (non-hydrogen) atoms. The number of nitrogens with one attached hydrogen (secondary N) is 2. The third-order valence-corrected chi connectivity index (χ3v) is 5.50. The first-order valence-electron chi connectivity index (χ1n) is 11.5. The normalized spacial score (nSPS) is 16.2. The fourth-order valence-corrected chi connectivity index (χ4v) is 3.86. The number of ether oxygens (including phenoxy) is 2. The van der Waals surface area contributed by atoms with Crippen LogP contribution in [0.3, 0.4) is 0 Å². The second-order valence-electron chi connectivity index (χ2n) is 7.76. The lowest BCUT2D eigenvalue weighted by atomic mass is 10.1. The predicted molar refractivity (Wildman–Crippen MR) is 139 cm³/mol. The van der Waals surface area contributed by atoms with E-state index in [4.69, 9.17) is 14.0 Å². The molecule has 0 saturated carbocycles. The highest BCUT2D eigenvalue weighted by Gasteiger charge is 2.24. The van der Waals surface area contributed by atoms with Crippen LogP contribution in [0.5, 0.6) is 5.75 Å². The number of nitrogens with zero attached hydrogens (tertiary/aromatic N) is 4. The summed E-state index contributed by atoms with van der Waals surface area (Å²) in [6.45, 7) is 10.5. The summed E-state index contributed by atoms with van der Waals surface area (Å²) in [5.74, 6) is 2.60. The summed E-state index contributed by atoms with van der Waals surface area (Å²) in [5, 5.41) is 10.8. The van der Waals surface area contributed by atoms with E-state index < -0.39 is 0 Å². The van der Waals surface area contributed by atoms with Crippen LogP contribution in [0.1, 0.15) is 63.0 Å². The van der Waals surface area contributed by atoms with E-state index in [1.807, 2.05) is 32.9 Å². The molecule has 2 N–H and O–H groups in total. The molecule has 1 aromatic heterocycles. The Morgan fingerprint density at radius 1 is 1.24 bits per heavy atom. The van der Waals surface area contributed by atoms with Crippen LogP contribution >= 0.6 is 24.0 Å². The van der Waals surface area contributed by atoms with Crippen molar-refractivity contribution in [1.82, 2.24) is 25.7 Å². The van der Waals surface area contributed by atoms with Crippen molar-refractivity contribution < 1.29 is 14.0 Å². The maximum atomic E-state index is 5.52. The van der Waals surface area contributed by atoms with Crippen LogP contribution in [0.25, 0.3) is 0 Å². The molecule has 1 saturated heterocycles. The topological polar surface area (TPSA) is 97.0 Å². The van der Waals surface area contributed by atoms with Gasteiger partial charge in [0.1, 0.15) is 18.4 Å². The van der Waals surface area contributed by atoms with Crippen molar-refractivity contribution in [1.29, 1.82) is 0 Å². The summed E-state index contributed by atoms with van der Waals surface area (Å²) >= 11 is 0. The zero-order chi connectivity index (χ0) is 22.8. The molecule has 1 fully saturated rings. The molecule has 0 bridgehead atoms. The minimum absolute atomic E-state index is 0. The van der Waals surface area contributed by atoms with Crippen molar-refractivity contribution in [2.75, 3.05) is 39.9 Å². The molecule has 2 atom stereocenters. The predicted octanol–water partition coefficient (Wildman–Crippen LogP) is 3.69. The van der Waals surface area contributed by atoms with Gasteiger partial charge < -0.3 is 24.6 Å². The Kier molecular flexibility index (Phi) is 11.9. The zero-order valence-electron chi connectivity index (χ0n) is 20.0. The molecule has 0 aliphatic carbocycles. The van der Waals surface area contributed by atoms with E-state index >= 15 is 0 Å². The molecular weight excluding hydrogens is 535 g/mol. The van der Waals surface area contributed by atoms with Crippen molar-refractivity contribution in [3.8, 4) is 5.75 Å². The van der Waals surface area contributed by atoms with Gasteiger partial charge >= 0.3 is 0 Å². The smallest absolute Gasteiger partial charge is 0.248 e. The molecule has 10 heteroatoms. The quantitative estimate of drug-likeness (QED) is 0.239. The van der Waals surface area contributed by atoms with Crippen molar-refractivity contribution in [2.24, 2.45) is 4.99 Å². The molecule has 2 unspecified atom stereocenters. The Labute approximate surface area is 213 Å². The number of likely N-dealkylation sites (tertiary alicyclic amines) is 1. The largest absolute Gasteiger partial charge is 0.497 e. The lowest BCUT2D eigenvalue weighted by Gasteiger charge is -2.29. The third-order valence-electron chi connectivity index (χ3n) is 5.50. The maximum Gasteiger partial charge on any atom is 0.248 e. The van der Waals surface area contributed by atoms with Crippen LogP contribution in [0.2, 0.25) is 0 Å². The van der Waals surface area contributed by atoms with Gasteiger partial charge in [0.05, 0.1) is 13.2 Å². The fraction of sp³-hybridized carbons (Fsp3) is 0.609. The summed E-state index contributed by atoms with van der Waals surface area (Å²) in [7, 11) is 1.70. The Morgan fingerprint density at radius 3 is 2.73 bits per heavy atom. The van der Waals surface area contributed by atoms with E-state index in [9.17, 15) is 0 Å². The first-order chi connectivity index (χ1) is 15.6. The number of aromatic nitrogens is 2. The lowest BCUT2D eigenvalue weighted by Crippen LogP contribution is -2.42. The molecule has 1 aromatic carbocycles. The molecule has 3 rings (SSSR count). The number of guanidine groups is 1. The van der Waals surface area contributed by atoms with Crippen molar-refractivity contribution in [2.45, 2.75) is 52.3 Å². The molecule has 2 aromatic rings. The average Bonchev–Trinajstić information content (AvgIpc) is 3.50. The van der Waals surface area contributed by atoms with Gasteiger partial charge in [0.15, 0.2) is 11.8 Å². The average molecular weight is 572 g/mol. The van der Waals surface area contributed by atoms with Crippen LogP contribution in [0, 0.1) is 0 Å². The van der Waals surface area contributed by atoms with Gasteiger partial charge in [-0.1, -0.05) is 17.3 Å². The van der Waals surface area contributed by atoms with Crippen LogP contribution < -0.4 is 15.4 Å². The summed E-state index contributed by atoms with van der Waals surface area (Å²) in [6, 6.07) is 8.55. The Bertz CT molecular complexity index is 856. The third kappa shape index (κ3) is 8.11. The molecular formula is C23H37IN6O3. The summed E-state index contributed by atoms with van der Waals surface area (Å²) < 4.78 is 16.3. The fourth-order valence-electron chi connectivity index (χ4n) is 3.86. The van der Waals surface area contributed by atoms with Gasteiger partial charge in [-0.25, -0.2) is 4.99 Å². The van der Waals surface area contributed by atoms with E-state index in [2.05, 4.69) is 42.8 Å². The summed E-state index contributed by atoms with van der Waals surface area (Å²) in [4.78, 5) is 11.6. The minimum atomic E-state index is -0.197. The maximum absolute atomic E-state index is 5.52. The molecule has 9 nitrogen and oxygen atoms in total. The molecule has 184 valence electrons. The Morgan fingerprint density at radius 2 is 2.03 bits per heavy atom. The van der Waals surface area contributed by atoms with E-state index in [0.29, 0.717) is 24.9 Å². The lowest BCUT2D eigenvalue weighted by molar-refractivity contribution is 0.0683. The standard InChI is InChI=1S/C23H36N6O3.HI/c1-5-24-23(26-16-21-27-22(28-32-21)17(3)31-6-2)25-15-20(29-12-7-8-13-29)18-10-9-11-19(14-18)30-4;/h9-11,14,17,20H,5-8,12-13,15-16H2,1-4H3,(H2,24,25,26);1H. The number of benzene rings is 1. The van der Waals surface area contributed by atoms with Crippen LogP contribution in [-0.4, -0.2) is 60.9 Å². The highest BCUT2D eigenvalue weighted by Crippen LogP contribution is 2.27. The van der Waals surface area contributed by atoms with Crippen molar-refractivity contribution >= 4 is 29.9 Å². The number of rotatable bonds is 11. The van der Waals surface area contributed by atoms with Gasteiger partial charge in [-0.2, -0.15) is 4.98 Å². The molecule has 0 amide bonds. The van der Waals surface area contributed by atoms with Crippen molar-refractivity contribution in [3.05, 3.63) is 41.5 Å². The van der Waals surface area contributed by atoms with Gasteiger partial charge in [0.2, 0.25) is 5.89 Å². The van der Waals surface area contributed by atoms with E-state index in [0.717, 1.165) is 37.9 Å². The molecule has 0 spiro atoms. The zero-order valence-corrected chi connectivity index (χ0v) is 22.4. The number of methoxy groups -OCH3 is 1. The van der Waals surface area contributed by atoms with E-state index in [1.165, 1.54) is 18.4 Å². The van der Waals surface area contributed by atoms with E-state index in [1.54, 1.807) is 7.11 Å². The Balaban J connectivity index is 0.00000385. The monoisotopic (exact) mass is 572 g/mol. The van der Waals surface area contributed by atoms with Gasteiger partial charge in [0.25, 0.3) is 0 Å². The number of halogens is 1. The number of aliphatic imine (C=N–C) groups is 1. The first-order valence-corrected chi connectivity index (χ1v) is 11.5. The second kappa shape index (κ2) is 14.4. The highest BCUT2D eigenvalue weighted by molar-refractivity contribution is 14.0. The van der Waals surface area contributed by atoms with Crippen molar-refractivity contribution in [3.63, 3.8) is 0 Å². The van der Waals surface area contributed by atoms with Gasteiger partial charge in [-0.3, -0.25) is 4.90 Å². The van der Waals surface area contributed by atoms with Crippen LogP contribution in [-0.2, 0) is 11.3 Å². The second-order valence-corrected chi connectivity index (χ2v) is 7.76. The van der Waals surface area contributed by atoms with Crippen LogP contribution in [0.15, 0.2) is 33.8 Å². The SMILES string of the molecule is CCNC(=NCc1nc(C(C)OCC)no1)NCC(c1cccc(OC)c1)N1CCCC1.I. The van der Waals surface area contributed by atoms with Crippen LogP contribution in [0.4, 0.5) is 0 Å². The summed E-state index contributed by atoms with van der Waals surface area (Å²) in [5.41, 5.74) is 1.24. The minimum Gasteiger partial charge on any atom is -0.497 e. The summed E-state index contributed by atoms with van der Waals surface area (Å²) in [6.07, 6.45) is 2.26. The van der Waals surface area contributed by atoms with Gasteiger partial charge in [-0.05, 0) is 64.4 Å². The van der Waals surface area contributed by atoms with Gasteiger partial charge in [-0.15, -0.1) is 24.0 Å². The molecule has 1 aliphatic rings. The Hall–Kier alpha value is -1.92. The number of hydrogen-bond donors (Lipinski definition) is 2. The molecule has 2 heterocycles. The van der Waals surface area contributed by atoms with E-state index in [-0.39, 0.29) is 36.1 Å². The first kappa shape index (κ1) is 27.3.